The summed E-state index contributed by atoms with van der Waals surface area (Å²) in [6.07, 6.45) is 0.922. The minimum atomic E-state index is -0.160. The zero-order valence-electron chi connectivity index (χ0n) is 12.5. The molecule has 0 saturated carbocycles. The minimum absolute atomic E-state index is 0.155. The van der Waals surface area contributed by atoms with E-state index in [1.807, 2.05) is 24.0 Å². The normalized spacial score (nSPS) is 15.2. The molecule has 0 bridgehead atoms. The van der Waals surface area contributed by atoms with Crippen molar-refractivity contribution in [1.82, 2.24) is 4.90 Å². The molecule has 3 rings (SSSR count). The maximum atomic E-state index is 12.6. The zero-order valence-corrected chi connectivity index (χ0v) is 13.3. The van der Waals surface area contributed by atoms with E-state index in [4.69, 9.17) is 0 Å². The van der Waals surface area contributed by atoms with Gasteiger partial charge in [-0.3, -0.25) is 4.79 Å². The summed E-state index contributed by atoms with van der Waals surface area (Å²) in [4.78, 5) is 15.5. The molecule has 0 unspecified atom stereocenters. The number of aromatic hydroxyl groups is 1. The Bertz CT molecular complexity index is 686. The summed E-state index contributed by atoms with van der Waals surface area (Å²) >= 11 is 1.49. The zero-order chi connectivity index (χ0) is 15.5. The molecule has 0 aliphatic carbocycles. The van der Waals surface area contributed by atoms with Gasteiger partial charge in [0.1, 0.15) is 5.75 Å². The van der Waals surface area contributed by atoms with Gasteiger partial charge in [0.05, 0.1) is 5.25 Å². The Kier molecular flexibility index (Phi) is 4.39. The summed E-state index contributed by atoms with van der Waals surface area (Å²) in [5, 5.41) is 9.35. The molecule has 22 heavy (non-hydrogen) atoms. The summed E-state index contributed by atoms with van der Waals surface area (Å²) in [5.74, 6) is 0.388. The van der Waals surface area contributed by atoms with Crippen LogP contribution in [0.4, 0.5) is 0 Å². The lowest BCUT2D eigenvalue weighted by molar-refractivity contribution is -0.131. The Morgan fingerprint density at radius 2 is 1.95 bits per heavy atom. The maximum Gasteiger partial charge on any atom is 0.236 e. The first-order valence-electron chi connectivity index (χ1n) is 7.45. The number of phenolic OH excluding ortho intramolecular Hbond substituents is 1. The van der Waals surface area contributed by atoms with Crippen LogP contribution in [-0.4, -0.2) is 27.7 Å². The van der Waals surface area contributed by atoms with E-state index in [2.05, 4.69) is 18.2 Å². The van der Waals surface area contributed by atoms with E-state index >= 15 is 0 Å². The largest absolute Gasteiger partial charge is 0.508 e. The summed E-state index contributed by atoms with van der Waals surface area (Å²) in [7, 11) is 0. The molecular formula is C18H19NO2S. The van der Waals surface area contributed by atoms with Crippen molar-refractivity contribution in [3.8, 4) is 5.75 Å². The lowest BCUT2D eigenvalue weighted by Gasteiger charge is -2.30. The van der Waals surface area contributed by atoms with E-state index in [9.17, 15) is 9.90 Å². The SMILES string of the molecule is C[C@@H](Sc1cccc(O)c1)C(=O)N1CCc2ccccc2C1. The van der Waals surface area contributed by atoms with Crippen LogP contribution in [0.25, 0.3) is 0 Å². The van der Waals surface area contributed by atoms with Crippen LogP contribution in [0.2, 0.25) is 0 Å². The molecule has 114 valence electrons. The van der Waals surface area contributed by atoms with Crippen molar-refractivity contribution in [2.75, 3.05) is 6.54 Å². The Morgan fingerprint density at radius 1 is 1.18 bits per heavy atom. The highest BCUT2D eigenvalue weighted by molar-refractivity contribution is 8.00. The molecule has 1 amide bonds. The van der Waals surface area contributed by atoms with E-state index < -0.39 is 0 Å². The summed E-state index contributed by atoms with van der Waals surface area (Å²) in [6, 6.07) is 15.4. The number of fused-ring (bicyclic) bond motifs is 1. The fraction of sp³-hybridized carbons (Fsp3) is 0.278. The molecule has 2 aromatic carbocycles. The fourth-order valence-corrected chi connectivity index (χ4v) is 3.76. The number of carbonyl (C=O) groups is 1. The van der Waals surface area contributed by atoms with Crippen molar-refractivity contribution >= 4 is 17.7 Å². The predicted octanol–water partition coefficient (Wildman–Crippen LogP) is 3.46. The monoisotopic (exact) mass is 313 g/mol. The number of thioether (sulfide) groups is 1. The second-order valence-electron chi connectivity index (χ2n) is 5.54. The van der Waals surface area contributed by atoms with Crippen molar-refractivity contribution in [1.29, 1.82) is 0 Å². The molecule has 0 saturated heterocycles. The summed E-state index contributed by atoms with van der Waals surface area (Å²) < 4.78 is 0. The van der Waals surface area contributed by atoms with Crippen LogP contribution in [0.3, 0.4) is 0 Å². The number of hydrogen-bond acceptors (Lipinski definition) is 3. The molecule has 4 heteroatoms. The Hall–Kier alpha value is -1.94. The van der Waals surface area contributed by atoms with Gasteiger partial charge >= 0.3 is 0 Å². The predicted molar refractivity (Wildman–Crippen MR) is 89.0 cm³/mol. The minimum Gasteiger partial charge on any atom is -0.508 e. The molecule has 0 fully saturated rings. The second kappa shape index (κ2) is 6.44. The molecule has 1 heterocycles. The number of rotatable bonds is 3. The Labute approximate surface area is 135 Å². The van der Waals surface area contributed by atoms with Gasteiger partial charge in [-0.2, -0.15) is 0 Å². The highest BCUT2D eigenvalue weighted by atomic mass is 32.2. The van der Waals surface area contributed by atoms with Crippen molar-refractivity contribution in [3.05, 3.63) is 59.7 Å². The highest BCUT2D eigenvalue weighted by Crippen LogP contribution is 2.28. The van der Waals surface area contributed by atoms with Gasteiger partial charge < -0.3 is 10.0 Å². The first-order valence-corrected chi connectivity index (χ1v) is 8.33. The molecule has 3 nitrogen and oxygen atoms in total. The van der Waals surface area contributed by atoms with E-state index in [0.717, 1.165) is 17.9 Å². The molecule has 0 spiro atoms. The molecule has 0 aromatic heterocycles. The molecular weight excluding hydrogens is 294 g/mol. The summed E-state index contributed by atoms with van der Waals surface area (Å²) in [6.45, 7) is 3.40. The van der Waals surface area contributed by atoms with Gasteiger partial charge in [-0.25, -0.2) is 0 Å². The highest BCUT2D eigenvalue weighted by Gasteiger charge is 2.25. The number of benzene rings is 2. The molecule has 1 atom stereocenters. The molecule has 1 aliphatic rings. The third kappa shape index (κ3) is 3.28. The topological polar surface area (TPSA) is 40.5 Å². The first kappa shape index (κ1) is 15.0. The number of amides is 1. The van der Waals surface area contributed by atoms with Crippen LogP contribution < -0.4 is 0 Å². The van der Waals surface area contributed by atoms with Gasteiger partial charge in [0.25, 0.3) is 0 Å². The molecule has 2 aromatic rings. The van der Waals surface area contributed by atoms with Crippen molar-refractivity contribution in [3.63, 3.8) is 0 Å². The van der Waals surface area contributed by atoms with Gasteiger partial charge in [0.15, 0.2) is 0 Å². The van der Waals surface area contributed by atoms with Crippen LogP contribution in [0.5, 0.6) is 5.75 Å². The van der Waals surface area contributed by atoms with Crippen molar-refractivity contribution in [2.45, 2.75) is 30.0 Å². The lowest BCUT2D eigenvalue weighted by atomic mass is 10.00. The summed E-state index contributed by atoms with van der Waals surface area (Å²) in [5.41, 5.74) is 2.59. The Morgan fingerprint density at radius 3 is 2.73 bits per heavy atom. The van der Waals surface area contributed by atoms with Crippen LogP contribution in [0.1, 0.15) is 18.1 Å². The third-order valence-electron chi connectivity index (χ3n) is 3.92. The number of phenols is 1. The van der Waals surface area contributed by atoms with Gasteiger partial charge in [0.2, 0.25) is 5.91 Å². The average Bonchev–Trinajstić information content (AvgIpc) is 2.53. The fourth-order valence-electron chi connectivity index (χ4n) is 2.75. The maximum absolute atomic E-state index is 12.6. The average molecular weight is 313 g/mol. The van der Waals surface area contributed by atoms with Crippen molar-refractivity contribution in [2.24, 2.45) is 0 Å². The van der Waals surface area contributed by atoms with E-state index in [1.165, 1.54) is 22.9 Å². The van der Waals surface area contributed by atoms with Gasteiger partial charge in [-0.05, 0) is 42.7 Å². The number of nitrogens with zero attached hydrogens (tertiary/aromatic N) is 1. The van der Waals surface area contributed by atoms with E-state index in [1.54, 1.807) is 18.2 Å². The van der Waals surface area contributed by atoms with Crippen molar-refractivity contribution < 1.29 is 9.90 Å². The third-order valence-corrected chi connectivity index (χ3v) is 5.00. The Balaban J connectivity index is 1.67. The van der Waals surface area contributed by atoms with Gasteiger partial charge in [0, 0.05) is 18.0 Å². The molecule has 1 N–H and O–H groups in total. The first-order chi connectivity index (χ1) is 10.6. The second-order valence-corrected chi connectivity index (χ2v) is 6.95. The van der Waals surface area contributed by atoms with E-state index in [-0.39, 0.29) is 16.9 Å². The van der Waals surface area contributed by atoms with Gasteiger partial charge in [-0.1, -0.05) is 30.3 Å². The quantitative estimate of drug-likeness (QED) is 0.882. The van der Waals surface area contributed by atoms with Crippen LogP contribution in [-0.2, 0) is 17.8 Å². The number of carbonyl (C=O) groups excluding carboxylic acids is 1. The molecule has 1 aliphatic heterocycles. The van der Waals surface area contributed by atoms with E-state index in [0.29, 0.717) is 6.54 Å². The van der Waals surface area contributed by atoms with Crippen LogP contribution in [0, 0.1) is 0 Å². The van der Waals surface area contributed by atoms with Crippen LogP contribution >= 0.6 is 11.8 Å². The van der Waals surface area contributed by atoms with Gasteiger partial charge in [-0.15, -0.1) is 11.8 Å². The standard InChI is InChI=1S/C18H19NO2S/c1-13(22-17-8-4-7-16(20)11-17)18(21)19-10-9-14-5-2-3-6-15(14)12-19/h2-8,11,13,20H,9-10,12H2,1H3/t13-/m1/s1. The molecule has 0 radical (unpaired) electrons. The smallest absolute Gasteiger partial charge is 0.236 e. The van der Waals surface area contributed by atoms with Crippen LogP contribution in [0.15, 0.2) is 53.4 Å². The number of hydrogen-bond donors (Lipinski definition) is 1. The lowest BCUT2D eigenvalue weighted by Crippen LogP contribution is -2.40.